The maximum Gasteiger partial charge on any atom is 0.242 e. The van der Waals surface area contributed by atoms with Crippen molar-refractivity contribution in [2.45, 2.75) is 4.90 Å². The molecule has 0 aromatic heterocycles. The van der Waals surface area contributed by atoms with E-state index in [1.54, 1.807) is 18.2 Å². The molecule has 24 heavy (non-hydrogen) atoms. The lowest BCUT2D eigenvalue weighted by molar-refractivity contribution is 0.104. The number of ketones is 1. The van der Waals surface area contributed by atoms with Crippen molar-refractivity contribution in [2.24, 2.45) is 0 Å². The summed E-state index contributed by atoms with van der Waals surface area (Å²) >= 11 is 12.1. The van der Waals surface area contributed by atoms with Crippen LogP contribution in [0.15, 0.2) is 53.4 Å². The molecule has 4 nitrogen and oxygen atoms in total. The quantitative estimate of drug-likeness (QED) is 0.575. The number of nitrogens with zero attached hydrogens (tertiary/aromatic N) is 1. The average molecular weight is 384 g/mol. The van der Waals surface area contributed by atoms with Crippen LogP contribution in [-0.4, -0.2) is 32.6 Å². The average Bonchev–Trinajstić information content (AvgIpc) is 2.54. The first-order valence-corrected chi connectivity index (χ1v) is 9.12. The van der Waals surface area contributed by atoms with E-state index in [-0.39, 0.29) is 10.7 Å². The van der Waals surface area contributed by atoms with Crippen LogP contribution in [0.2, 0.25) is 10.0 Å². The lowest BCUT2D eigenvalue weighted by Gasteiger charge is -2.11. The highest BCUT2D eigenvalue weighted by atomic mass is 35.5. The largest absolute Gasteiger partial charge is 0.289 e. The van der Waals surface area contributed by atoms with E-state index in [9.17, 15) is 13.2 Å². The van der Waals surface area contributed by atoms with Gasteiger partial charge >= 0.3 is 0 Å². The van der Waals surface area contributed by atoms with Gasteiger partial charge in [-0.1, -0.05) is 29.3 Å². The third-order valence-corrected chi connectivity index (χ3v) is 5.81. The van der Waals surface area contributed by atoms with Crippen molar-refractivity contribution in [3.05, 3.63) is 69.7 Å². The number of rotatable bonds is 5. The SMILES string of the molecule is CN(C)S(=O)(=O)c1ccc(C(=O)/C=C/c2c(Cl)cccc2Cl)cc1. The molecule has 0 spiro atoms. The standard InChI is InChI=1S/C17H15Cl2NO3S/c1-20(2)24(22,23)13-8-6-12(7-9-13)17(21)11-10-14-15(18)4-3-5-16(14)19/h3-11H,1-2H3/b11-10+. The number of sulfonamides is 1. The van der Waals surface area contributed by atoms with E-state index in [0.29, 0.717) is 21.2 Å². The number of carbonyl (C=O) groups excluding carboxylic acids is 1. The van der Waals surface area contributed by atoms with E-state index in [1.165, 1.54) is 50.5 Å². The Morgan fingerprint density at radius 2 is 1.54 bits per heavy atom. The summed E-state index contributed by atoms with van der Waals surface area (Å²) in [6.45, 7) is 0. The summed E-state index contributed by atoms with van der Waals surface area (Å²) in [5, 5.41) is 0.887. The van der Waals surface area contributed by atoms with Crippen LogP contribution in [0.4, 0.5) is 0 Å². The molecule has 0 aliphatic heterocycles. The fourth-order valence-electron chi connectivity index (χ4n) is 1.93. The molecule has 7 heteroatoms. The van der Waals surface area contributed by atoms with Gasteiger partial charge in [0, 0.05) is 35.3 Å². The summed E-state index contributed by atoms with van der Waals surface area (Å²) in [5.74, 6) is -0.278. The Balaban J connectivity index is 2.24. The molecule has 0 amide bonds. The van der Waals surface area contributed by atoms with Gasteiger partial charge in [-0.3, -0.25) is 4.79 Å². The summed E-state index contributed by atoms with van der Waals surface area (Å²) in [7, 11) is -0.619. The van der Waals surface area contributed by atoms with Gasteiger partial charge in [-0.15, -0.1) is 0 Å². The normalized spacial score (nSPS) is 12.0. The maximum absolute atomic E-state index is 12.2. The molecule has 0 saturated carbocycles. The molecule has 0 fully saturated rings. The van der Waals surface area contributed by atoms with Crippen molar-refractivity contribution >= 4 is 45.1 Å². The summed E-state index contributed by atoms with van der Waals surface area (Å²) in [4.78, 5) is 12.3. The van der Waals surface area contributed by atoms with Crippen molar-refractivity contribution in [1.29, 1.82) is 0 Å². The van der Waals surface area contributed by atoms with E-state index < -0.39 is 10.0 Å². The van der Waals surface area contributed by atoms with Gasteiger partial charge in [0.1, 0.15) is 0 Å². The van der Waals surface area contributed by atoms with Crippen molar-refractivity contribution in [3.63, 3.8) is 0 Å². The number of hydrogen-bond acceptors (Lipinski definition) is 3. The van der Waals surface area contributed by atoms with Gasteiger partial charge < -0.3 is 0 Å². The van der Waals surface area contributed by atoms with Crippen LogP contribution in [0, 0.1) is 0 Å². The molecule has 0 unspecified atom stereocenters. The molecule has 2 aromatic carbocycles. The summed E-state index contributed by atoms with van der Waals surface area (Å²) in [6, 6.07) is 10.8. The first-order valence-electron chi connectivity index (χ1n) is 6.92. The first kappa shape index (κ1) is 18.7. The third-order valence-electron chi connectivity index (χ3n) is 3.32. The number of allylic oxidation sites excluding steroid dienone is 1. The van der Waals surface area contributed by atoms with E-state index in [4.69, 9.17) is 23.2 Å². The molecule has 0 aliphatic carbocycles. The number of halogens is 2. The van der Waals surface area contributed by atoms with E-state index in [1.807, 2.05) is 0 Å². The molecule has 0 bridgehead atoms. The third kappa shape index (κ3) is 4.05. The van der Waals surface area contributed by atoms with Gasteiger partial charge in [0.25, 0.3) is 0 Å². The molecular weight excluding hydrogens is 369 g/mol. The molecular formula is C17H15Cl2NO3S. The van der Waals surface area contributed by atoms with Crippen LogP contribution in [0.3, 0.4) is 0 Å². The summed E-state index contributed by atoms with van der Waals surface area (Å²) in [5.41, 5.74) is 0.924. The molecule has 2 rings (SSSR count). The minimum absolute atomic E-state index is 0.127. The molecule has 0 saturated heterocycles. The van der Waals surface area contributed by atoms with Gasteiger partial charge in [0.15, 0.2) is 5.78 Å². The molecule has 2 aromatic rings. The minimum atomic E-state index is -3.52. The zero-order valence-electron chi connectivity index (χ0n) is 13.0. The van der Waals surface area contributed by atoms with Crippen LogP contribution < -0.4 is 0 Å². The number of benzene rings is 2. The highest BCUT2D eigenvalue weighted by Crippen LogP contribution is 2.25. The van der Waals surface area contributed by atoms with E-state index >= 15 is 0 Å². The Bertz CT molecular complexity index is 868. The second-order valence-electron chi connectivity index (χ2n) is 5.14. The maximum atomic E-state index is 12.2. The van der Waals surface area contributed by atoms with Crippen molar-refractivity contribution in [2.75, 3.05) is 14.1 Å². The number of hydrogen-bond donors (Lipinski definition) is 0. The van der Waals surface area contributed by atoms with E-state index in [0.717, 1.165) is 4.31 Å². The van der Waals surface area contributed by atoms with Gasteiger partial charge in [-0.25, -0.2) is 12.7 Å². The Hall–Kier alpha value is -1.66. The van der Waals surface area contributed by atoms with Crippen molar-refractivity contribution in [3.8, 4) is 0 Å². The Labute approximate surface area is 151 Å². The molecule has 0 aliphatic rings. The topological polar surface area (TPSA) is 54.5 Å². The van der Waals surface area contributed by atoms with Gasteiger partial charge in [0.05, 0.1) is 4.90 Å². The van der Waals surface area contributed by atoms with Gasteiger partial charge in [0.2, 0.25) is 10.0 Å². The Kier molecular flexibility index (Phi) is 5.83. The molecule has 0 atom stereocenters. The zero-order valence-corrected chi connectivity index (χ0v) is 15.4. The molecule has 126 valence electrons. The van der Waals surface area contributed by atoms with Crippen LogP contribution in [0.25, 0.3) is 6.08 Å². The fourth-order valence-corrected chi connectivity index (χ4v) is 3.35. The molecule has 0 radical (unpaired) electrons. The first-order chi connectivity index (χ1) is 11.2. The number of carbonyl (C=O) groups is 1. The predicted molar refractivity (Wildman–Crippen MR) is 97.1 cm³/mol. The fraction of sp³-hybridized carbons (Fsp3) is 0.118. The smallest absolute Gasteiger partial charge is 0.242 e. The lowest BCUT2D eigenvalue weighted by atomic mass is 10.1. The molecule has 0 heterocycles. The zero-order chi connectivity index (χ0) is 17.9. The Morgan fingerprint density at radius 3 is 2.04 bits per heavy atom. The van der Waals surface area contributed by atoms with Crippen LogP contribution >= 0.6 is 23.2 Å². The minimum Gasteiger partial charge on any atom is -0.289 e. The van der Waals surface area contributed by atoms with Gasteiger partial charge in [-0.05, 0) is 48.6 Å². The van der Waals surface area contributed by atoms with Crippen LogP contribution in [-0.2, 0) is 10.0 Å². The second kappa shape index (κ2) is 7.49. The Morgan fingerprint density at radius 1 is 1.00 bits per heavy atom. The van der Waals surface area contributed by atoms with Crippen LogP contribution in [0.1, 0.15) is 15.9 Å². The summed E-state index contributed by atoms with van der Waals surface area (Å²) < 4.78 is 25.1. The van der Waals surface area contributed by atoms with E-state index in [2.05, 4.69) is 0 Å². The predicted octanol–water partition coefficient (Wildman–Crippen LogP) is 4.14. The highest BCUT2D eigenvalue weighted by Gasteiger charge is 2.17. The molecule has 0 N–H and O–H groups in total. The van der Waals surface area contributed by atoms with Crippen LogP contribution in [0.5, 0.6) is 0 Å². The van der Waals surface area contributed by atoms with Crippen molar-refractivity contribution < 1.29 is 13.2 Å². The van der Waals surface area contributed by atoms with Crippen molar-refractivity contribution in [1.82, 2.24) is 4.31 Å². The lowest BCUT2D eigenvalue weighted by Crippen LogP contribution is -2.22. The van der Waals surface area contributed by atoms with Gasteiger partial charge in [-0.2, -0.15) is 0 Å². The monoisotopic (exact) mass is 383 g/mol. The second-order valence-corrected chi connectivity index (χ2v) is 8.11. The summed E-state index contributed by atoms with van der Waals surface area (Å²) in [6.07, 6.45) is 2.89. The highest BCUT2D eigenvalue weighted by molar-refractivity contribution is 7.89.